The van der Waals surface area contributed by atoms with Crippen LogP contribution in [0.25, 0.3) is 16.6 Å². The Morgan fingerprint density at radius 3 is 2.59 bits per heavy atom. The number of aromatic amines is 1. The first-order chi connectivity index (χ1) is 15.4. The van der Waals surface area contributed by atoms with E-state index >= 15 is 0 Å². The molecule has 1 aliphatic heterocycles. The Morgan fingerprint density at radius 2 is 1.91 bits per heavy atom. The fourth-order valence-electron chi connectivity index (χ4n) is 4.23. The Kier molecular flexibility index (Phi) is 5.00. The van der Waals surface area contributed by atoms with Crippen molar-refractivity contribution < 1.29 is 18.4 Å². The molecule has 2 aliphatic rings. The number of carbonyl (C=O) groups excluding carboxylic acids is 2. The number of H-pyrrole nitrogens is 1. The molecule has 1 unspecified atom stereocenters. The van der Waals surface area contributed by atoms with Crippen molar-refractivity contribution in [1.29, 1.82) is 0 Å². The molecule has 2 amide bonds. The Morgan fingerprint density at radius 1 is 1.16 bits per heavy atom. The fourth-order valence-corrected chi connectivity index (χ4v) is 4.23. The predicted molar refractivity (Wildman–Crippen MR) is 117 cm³/mol. The van der Waals surface area contributed by atoms with Crippen LogP contribution in [0, 0.1) is 23.5 Å². The molecule has 5 rings (SSSR count). The third-order valence-corrected chi connectivity index (χ3v) is 5.99. The Labute approximate surface area is 183 Å². The predicted octanol–water partition coefficient (Wildman–Crippen LogP) is 4.37. The number of fused-ring (bicyclic) bond motifs is 1. The number of rotatable bonds is 4. The van der Waals surface area contributed by atoms with E-state index in [9.17, 15) is 18.4 Å². The summed E-state index contributed by atoms with van der Waals surface area (Å²) in [5, 5.41) is 3.84. The fraction of sp³-hybridized carbons (Fsp3) is 0.292. The van der Waals surface area contributed by atoms with E-state index in [1.54, 1.807) is 11.1 Å². The molecule has 1 atom stereocenters. The van der Waals surface area contributed by atoms with Gasteiger partial charge >= 0.3 is 0 Å². The Balaban J connectivity index is 1.44. The van der Waals surface area contributed by atoms with Crippen LogP contribution in [0.5, 0.6) is 0 Å². The summed E-state index contributed by atoms with van der Waals surface area (Å²) in [5.74, 6) is -1.44. The zero-order valence-corrected chi connectivity index (χ0v) is 17.5. The van der Waals surface area contributed by atoms with E-state index in [1.807, 2.05) is 25.1 Å². The molecule has 1 saturated carbocycles. The van der Waals surface area contributed by atoms with Gasteiger partial charge in [-0.3, -0.25) is 9.59 Å². The smallest absolute Gasteiger partial charge is 0.254 e. The van der Waals surface area contributed by atoms with Crippen LogP contribution in [-0.2, 0) is 4.79 Å². The van der Waals surface area contributed by atoms with Gasteiger partial charge in [-0.2, -0.15) is 0 Å². The maximum absolute atomic E-state index is 13.6. The number of aromatic nitrogens is 2. The van der Waals surface area contributed by atoms with Crippen molar-refractivity contribution in [3.63, 3.8) is 0 Å². The average molecular weight is 436 g/mol. The van der Waals surface area contributed by atoms with E-state index in [1.165, 1.54) is 0 Å². The largest absolute Gasteiger partial charge is 0.346 e. The van der Waals surface area contributed by atoms with Gasteiger partial charge in [0.2, 0.25) is 5.91 Å². The number of nitrogens with one attached hydrogen (secondary N) is 2. The van der Waals surface area contributed by atoms with E-state index in [-0.39, 0.29) is 23.3 Å². The van der Waals surface area contributed by atoms with E-state index in [0.29, 0.717) is 24.6 Å². The van der Waals surface area contributed by atoms with Crippen LogP contribution in [0.1, 0.15) is 35.7 Å². The minimum absolute atomic E-state index is 0.00596. The zero-order chi connectivity index (χ0) is 22.4. The second kappa shape index (κ2) is 7.85. The summed E-state index contributed by atoms with van der Waals surface area (Å²) < 4.78 is 27.1. The number of nitrogens with zero attached hydrogens (tertiary/aromatic N) is 2. The molecule has 32 heavy (non-hydrogen) atoms. The summed E-state index contributed by atoms with van der Waals surface area (Å²) >= 11 is 0. The standard InChI is InChI=1S/C24H22F2N4O2/c1-13-12-30(24(32)15-8-16(25)10-17(26)9-15)7-5-18(13)20-11-21(29-23(31)14-2-3-14)28-22-19(20)4-6-27-22/h4-6,8-11,13-14H,2-3,7,12H2,1H3,(H2,27,28,29,31). The van der Waals surface area contributed by atoms with Crippen molar-refractivity contribution in [2.75, 3.05) is 18.4 Å². The van der Waals surface area contributed by atoms with E-state index in [0.717, 1.165) is 47.6 Å². The summed E-state index contributed by atoms with van der Waals surface area (Å²) in [6, 6.07) is 6.66. The first-order valence-electron chi connectivity index (χ1n) is 10.6. The number of halogens is 2. The average Bonchev–Trinajstić information content (AvgIpc) is 3.50. The van der Waals surface area contributed by atoms with Crippen molar-refractivity contribution >= 4 is 34.2 Å². The lowest BCUT2D eigenvalue weighted by molar-refractivity contribution is -0.117. The number of hydrogen-bond acceptors (Lipinski definition) is 3. The maximum Gasteiger partial charge on any atom is 0.254 e. The first-order valence-corrected chi connectivity index (χ1v) is 10.6. The van der Waals surface area contributed by atoms with Crippen molar-refractivity contribution in [3.05, 3.63) is 65.4 Å². The molecule has 3 aromatic rings. The topological polar surface area (TPSA) is 78.1 Å². The lowest BCUT2D eigenvalue weighted by Crippen LogP contribution is -2.38. The van der Waals surface area contributed by atoms with Gasteiger partial charge in [0.15, 0.2) is 0 Å². The Bertz CT molecular complexity index is 1240. The van der Waals surface area contributed by atoms with Crippen LogP contribution in [-0.4, -0.2) is 39.8 Å². The van der Waals surface area contributed by atoms with E-state index in [2.05, 4.69) is 15.3 Å². The van der Waals surface area contributed by atoms with Crippen molar-refractivity contribution in [2.45, 2.75) is 19.8 Å². The number of carbonyl (C=O) groups is 2. The van der Waals surface area contributed by atoms with Gasteiger partial charge in [0, 0.05) is 42.2 Å². The molecule has 1 aromatic carbocycles. The summed E-state index contributed by atoms with van der Waals surface area (Å²) in [4.78, 5) is 34.2. The highest BCUT2D eigenvalue weighted by molar-refractivity contribution is 5.98. The minimum Gasteiger partial charge on any atom is -0.346 e. The number of benzene rings is 1. The summed E-state index contributed by atoms with van der Waals surface area (Å²) in [6.45, 7) is 2.72. The van der Waals surface area contributed by atoms with Crippen LogP contribution in [0.2, 0.25) is 0 Å². The number of amides is 2. The molecule has 0 saturated heterocycles. The SMILES string of the molecule is CC1CN(C(=O)c2cc(F)cc(F)c2)CC=C1c1cc(NC(=O)C2CC2)nc2[nH]ccc12. The maximum atomic E-state index is 13.6. The molecular weight excluding hydrogens is 414 g/mol. The monoisotopic (exact) mass is 436 g/mol. The van der Waals surface area contributed by atoms with Gasteiger partial charge in [-0.1, -0.05) is 13.0 Å². The third kappa shape index (κ3) is 3.88. The summed E-state index contributed by atoms with van der Waals surface area (Å²) in [5.41, 5.74) is 2.65. The van der Waals surface area contributed by atoms with Crippen LogP contribution in [0.4, 0.5) is 14.6 Å². The normalized spacial score (nSPS) is 18.5. The van der Waals surface area contributed by atoms with Crippen LogP contribution >= 0.6 is 0 Å². The van der Waals surface area contributed by atoms with Gasteiger partial charge in [-0.15, -0.1) is 0 Å². The van der Waals surface area contributed by atoms with Gasteiger partial charge in [-0.25, -0.2) is 13.8 Å². The molecule has 1 fully saturated rings. The Hall–Kier alpha value is -3.55. The van der Waals surface area contributed by atoms with Gasteiger partial charge in [0.25, 0.3) is 5.91 Å². The van der Waals surface area contributed by atoms with Crippen LogP contribution < -0.4 is 5.32 Å². The zero-order valence-electron chi connectivity index (χ0n) is 17.5. The number of anilines is 1. The summed E-state index contributed by atoms with van der Waals surface area (Å²) in [6.07, 6.45) is 5.57. The number of hydrogen-bond donors (Lipinski definition) is 2. The highest BCUT2D eigenvalue weighted by atomic mass is 19.1. The van der Waals surface area contributed by atoms with Crippen LogP contribution in [0.15, 0.2) is 42.6 Å². The summed E-state index contributed by atoms with van der Waals surface area (Å²) in [7, 11) is 0. The first kappa shape index (κ1) is 20.4. The molecule has 8 heteroatoms. The van der Waals surface area contributed by atoms with Gasteiger partial charge in [-0.05, 0) is 54.2 Å². The molecule has 3 heterocycles. The molecular formula is C24H22F2N4O2. The minimum atomic E-state index is -0.776. The van der Waals surface area contributed by atoms with Gasteiger partial charge < -0.3 is 15.2 Å². The molecule has 1 aliphatic carbocycles. The lowest BCUT2D eigenvalue weighted by atomic mass is 9.89. The third-order valence-electron chi connectivity index (χ3n) is 5.99. The number of pyridine rings is 1. The molecule has 0 radical (unpaired) electrons. The van der Waals surface area contributed by atoms with Crippen LogP contribution in [0.3, 0.4) is 0 Å². The highest BCUT2D eigenvalue weighted by Crippen LogP contribution is 2.35. The van der Waals surface area contributed by atoms with Gasteiger partial charge in [0.1, 0.15) is 23.1 Å². The second-order valence-corrected chi connectivity index (χ2v) is 8.49. The molecule has 0 spiro atoms. The molecule has 2 N–H and O–H groups in total. The van der Waals surface area contributed by atoms with E-state index < -0.39 is 17.5 Å². The molecule has 6 nitrogen and oxygen atoms in total. The molecule has 164 valence electrons. The second-order valence-electron chi connectivity index (χ2n) is 8.49. The molecule has 0 bridgehead atoms. The van der Waals surface area contributed by atoms with E-state index in [4.69, 9.17) is 0 Å². The van der Waals surface area contributed by atoms with Gasteiger partial charge in [0.05, 0.1) is 0 Å². The van der Waals surface area contributed by atoms with Crippen molar-refractivity contribution in [2.24, 2.45) is 11.8 Å². The molecule has 2 aromatic heterocycles. The van der Waals surface area contributed by atoms with Crippen molar-refractivity contribution in [1.82, 2.24) is 14.9 Å². The highest BCUT2D eigenvalue weighted by Gasteiger charge is 2.30. The van der Waals surface area contributed by atoms with Crippen molar-refractivity contribution in [3.8, 4) is 0 Å². The quantitative estimate of drug-likeness (QED) is 0.638. The lowest BCUT2D eigenvalue weighted by Gasteiger charge is -2.32.